The molecule has 0 bridgehead atoms. The summed E-state index contributed by atoms with van der Waals surface area (Å²) in [5.74, 6) is -0.153. The summed E-state index contributed by atoms with van der Waals surface area (Å²) >= 11 is 0. The van der Waals surface area contributed by atoms with Crippen LogP contribution in [-0.4, -0.2) is 14.2 Å². The molecule has 0 aliphatic heterocycles. The molecule has 0 radical (unpaired) electrons. The number of carbonyl (C=O) groups is 1. The van der Waals surface area contributed by atoms with Crippen LogP contribution in [-0.2, 0) is 22.9 Å². The molecule has 0 aromatic heterocycles. The Morgan fingerprint density at radius 1 is 1.04 bits per heavy atom. The largest absolute Gasteiger partial charge is 0.295 e. The number of fused-ring (bicyclic) bond motifs is 1. The topological polar surface area (TPSA) is 63.2 Å². The molecule has 25 heavy (non-hydrogen) atoms. The Morgan fingerprint density at radius 2 is 1.76 bits per heavy atom. The van der Waals surface area contributed by atoms with Crippen molar-refractivity contribution in [1.29, 1.82) is 0 Å². The predicted octanol–water partition coefficient (Wildman–Crippen LogP) is 3.81. The first-order valence-corrected chi connectivity index (χ1v) is 10.1. The van der Waals surface area contributed by atoms with Gasteiger partial charge in [-0.1, -0.05) is 30.3 Å². The van der Waals surface area contributed by atoms with Crippen molar-refractivity contribution in [3.8, 4) is 0 Å². The first kappa shape index (κ1) is 17.8. The number of ketones is 1. The number of Topliss-reactive ketones (excluding diaryl/α,β-unsaturated/α-hetero) is 1. The van der Waals surface area contributed by atoms with Crippen LogP contribution in [0.2, 0.25) is 0 Å². The molecular weight excluding hydrogens is 334 g/mol. The highest BCUT2D eigenvalue weighted by atomic mass is 32.2. The molecule has 1 atom stereocenters. The zero-order chi connectivity index (χ0) is 18.0. The molecule has 0 saturated heterocycles. The van der Waals surface area contributed by atoms with E-state index in [-0.39, 0.29) is 16.7 Å². The van der Waals surface area contributed by atoms with Crippen molar-refractivity contribution in [2.75, 3.05) is 0 Å². The van der Waals surface area contributed by atoms with Crippen LogP contribution >= 0.6 is 0 Å². The number of hydrogen-bond acceptors (Lipinski definition) is 3. The predicted molar refractivity (Wildman–Crippen MR) is 98.3 cm³/mol. The van der Waals surface area contributed by atoms with Gasteiger partial charge in [-0.25, -0.2) is 13.1 Å². The van der Waals surface area contributed by atoms with Crippen LogP contribution < -0.4 is 4.72 Å². The maximum atomic E-state index is 12.7. The van der Waals surface area contributed by atoms with Crippen molar-refractivity contribution in [2.24, 2.45) is 0 Å². The van der Waals surface area contributed by atoms with Crippen LogP contribution in [0.5, 0.6) is 0 Å². The van der Waals surface area contributed by atoms with Crippen molar-refractivity contribution in [3.63, 3.8) is 0 Å². The minimum absolute atomic E-state index is 0.116. The van der Waals surface area contributed by atoms with E-state index in [4.69, 9.17) is 0 Å². The average molecular weight is 357 g/mol. The fourth-order valence-corrected chi connectivity index (χ4v) is 4.55. The maximum Gasteiger partial charge on any atom is 0.241 e. The van der Waals surface area contributed by atoms with E-state index in [0.29, 0.717) is 5.56 Å². The van der Waals surface area contributed by atoms with E-state index >= 15 is 0 Å². The highest BCUT2D eigenvalue weighted by molar-refractivity contribution is 7.89. The highest BCUT2D eigenvalue weighted by Crippen LogP contribution is 2.25. The van der Waals surface area contributed by atoms with E-state index in [1.54, 1.807) is 12.1 Å². The van der Waals surface area contributed by atoms with Crippen LogP contribution in [0.25, 0.3) is 0 Å². The Balaban J connectivity index is 1.83. The molecular formula is C20H23NO3S. The van der Waals surface area contributed by atoms with Gasteiger partial charge in [-0.05, 0) is 68.4 Å². The lowest BCUT2D eigenvalue weighted by Crippen LogP contribution is -2.27. The van der Waals surface area contributed by atoms with Gasteiger partial charge in [0, 0.05) is 11.6 Å². The molecule has 132 valence electrons. The van der Waals surface area contributed by atoms with E-state index in [1.807, 2.05) is 13.0 Å². The van der Waals surface area contributed by atoms with Crippen molar-refractivity contribution in [2.45, 2.75) is 50.5 Å². The third-order valence-electron chi connectivity index (χ3n) is 4.76. The maximum absolute atomic E-state index is 12.7. The van der Waals surface area contributed by atoms with E-state index in [9.17, 15) is 13.2 Å². The standard InChI is InChI=1S/C20H23NO3S/c1-14(17-11-10-16-6-3-4-7-19(16)12-17)21-25(23,24)20-9-5-8-18(13-20)15(2)22/h5,8-14,21H,3-4,6-7H2,1-2H3. The van der Waals surface area contributed by atoms with Crippen LogP contribution in [0.4, 0.5) is 0 Å². The van der Waals surface area contributed by atoms with Gasteiger partial charge in [-0.15, -0.1) is 0 Å². The van der Waals surface area contributed by atoms with Crippen molar-refractivity contribution in [1.82, 2.24) is 4.72 Å². The van der Waals surface area contributed by atoms with Crippen molar-refractivity contribution in [3.05, 3.63) is 64.7 Å². The third-order valence-corrected chi connectivity index (χ3v) is 6.29. The molecule has 1 unspecified atom stereocenters. The van der Waals surface area contributed by atoms with Gasteiger partial charge >= 0.3 is 0 Å². The van der Waals surface area contributed by atoms with E-state index in [0.717, 1.165) is 18.4 Å². The Bertz CT molecular complexity index is 903. The summed E-state index contributed by atoms with van der Waals surface area (Å²) in [5, 5.41) is 0. The Labute approximate surface area is 149 Å². The summed E-state index contributed by atoms with van der Waals surface area (Å²) in [5.41, 5.74) is 4.06. The quantitative estimate of drug-likeness (QED) is 0.828. The number of aryl methyl sites for hydroxylation is 2. The summed E-state index contributed by atoms with van der Waals surface area (Å²) < 4.78 is 28.0. The molecule has 5 heteroatoms. The zero-order valence-corrected chi connectivity index (χ0v) is 15.4. The first-order chi connectivity index (χ1) is 11.9. The van der Waals surface area contributed by atoms with Gasteiger partial charge in [0.2, 0.25) is 10.0 Å². The molecule has 0 fully saturated rings. The monoisotopic (exact) mass is 357 g/mol. The summed E-state index contributed by atoms with van der Waals surface area (Å²) in [6.07, 6.45) is 4.58. The van der Waals surface area contributed by atoms with Gasteiger partial charge in [0.05, 0.1) is 4.90 Å². The summed E-state index contributed by atoms with van der Waals surface area (Å²) in [6, 6.07) is 12.0. The van der Waals surface area contributed by atoms with E-state index in [2.05, 4.69) is 16.9 Å². The first-order valence-electron chi connectivity index (χ1n) is 8.62. The lowest BCUT2D eigenvalue weighted by atomic mass is 9.89. The highest BCUT2D eigenvalue weighted by Gasteiger charge is 2.20. The van der Waals surface area contributed by atoms with Crippen LogP contribution in [0.1, 0.15) is 59.8 Å². The normalized spacial score (nSPS) is 15.4. The van der Waals surface area contributed by atoms with Crippen molar-refractivity contribution >= 4 is 15.8 Å². The molecule has 2 aromatic rings. The fourth-order valence-electron chi connectivity index (χ4n) is 3.27. The number of rotatable bonds is 5. The smallest absolute Gasteiger partial charge is 0.241 e. The number of nitrogens with one attached hydrogen (secondary N) is 1. The second-order valence-corrected chi connectivity index (χ2v) is 8.38. The summed E-state index contributed by atoms with van der Waals surface area (Å²) in [7, 11) is -3.69. The number of sulfonamides is 1. The van der Waals surface area contributed by atoms with Crippen molar-refractivity contribution < 1.29 is 13.2 Å². The molecule has 1 aliphatic rings. The molecule has 0 heterocycles. The minimum Gasteiger partial charge on any atom is -0.295 e. The van der Waals surface area contributed by atoms with Gasteiger partial charge in [0.15, 0.2) is 5.78 Å². The lowest BCUT2D eigenvalue weighted by molar-refractivity contribution is 0.101. The van der Waals surface area contributed by atoms with E-state index in [1.165, 1.54) is 43.0 Å². The number of hydrogen-bond donors (Lipinski definition) is 1. The average Bonchev–Trinajstić information content (AvgIpc) is 2.61. The van der Waals surface area contributed by atoms with Gasteiger partial charge in [0.1, 0.15) is 0 Å². The third kappa shape index (κ3) is 3.99. The van der Waals surface area contributed by atoms with Gasteiger partial charge in [-0.3, -0.25) is 4.79 Å². The zero-order valence-electron chi connectivity index (χ0n) is 14.6. The number of carbonyl (C=O) groups excluding carboxylic acids is 1. The second kappa shape index (κ2) is 7.10. The van der Waals surface area contributed by atoms with Crippen LogP contribution in [0, 0.1) is 0 Å². The molecule has 4 nitrogen and oxygen atoms in total. The van der Waals surface area contributed by atoms with Crippen LogP contribution in [0.15, 0.2) is 47.4 Å². The van der Waals surface area contributed by atoms with E-state index < -0.39 is 10.0 Å². The lowest BCUT2D eigenvalue weighted by Gasteiger charge is -2.20. The minimum atomic E-state index is -3.69. The molecule has 1 N–H and O–H groups in total. The van der Waals surface area contributed by atoms with Gasteiger partial charge in [0.25, 0.3) is 0 Å². The Morgan fingerprint density at radius 3 is 2.48 bits per heavy atom. The number of benzene rings is 2. The summed E-state index contributed by atoms with van der Waals surface area (Å²) in [4.78, 5) is 11.6. The molecule has 3 rings (SSSR count). The fraction of sp³-hybridized carbons (Fsp3) is 0.350. The molecule has 1 aliphatic carbocycles. The Kier molecular flexibility index (Phi) is 5.06. The molecule has 2 aromatic carbocycles. The second-order valence-electron chi connectivity index (χ2n) is 6.66. The molecule has 0 spiro atoms. The van der Waals surface area contributed by atoms with Gasteiger partial charge in [-0.2, -0.15) is 0 Å². The van der Waals surface area contributed by atoms with Crippen LogP contribution in [0.3, 0.4) is 0 Å². The SMILES string of the molecule is CC(=O)c1cccc(S(=O)(=O)NC(C)c2ccc3c(c2)CCCC3)c1. The van der Waals surface area contributed by atoms with Gasteiger partial charge < -0.3 is 0 Å². The Hall–Kier alpha value is -1.98. The molecule has 0 saturated carbocycles. The molecule has 0 amide bonds. The summed E-state index contributed by atoms with van der Waals surface area (Å²) in [6.45, 7) is 3.27.